The zero-order valence-electron chi connectivity index (χ0n) is 13.3. The van der Waals surface area contributed by atoms with Gasteiger partial charge >= 0.3 is 0 Å². The van der Waals surface area contributed by atoms with Crippen molar-refractivity contribution in [2.45, 2.75) is 58.6 Å². The lowest BCUT2D eigenvalue weighted by Crippen LogP contribution is -2.43. The summed E-state index contributed by atoms with van der Waals surface area (Å²) in [6.07, 6.45) is 3.99. The van der Waals surface area contributed by atoms with Crippen LogP contribution in [0.25, 0.3) is 0 Å². The first-order chi connectivity index (χ1) is 8.90. The van der Waals surface area contributed by atoms with E-state index < -0.39 is 0 Å². The van der Waals surface area contributed by atoms with Crippen LogP contribution >= 0.6 is 0 Å². The summed E-state index contributed by atoms with van der Waals surface area (Å²) in [7, 11) is 0. The highest BCUT2D eigenvalue weighted by atomic mass is 16.5. The SMILES string of the molecule is C=C(CNC(C)(C)C)CN1CCCC(OCCC)C1. The number of ether oxygens (including phenoxy) is 1. The fraction of sp³-hybridized carbons (Fsp3) is 0.875. The summed E-state index contributed by atoms with van der Waals surface area (Å²) < 4.78 is 5.87. The smallest absolute Gasteiger partial charge is 0.0702 e. The van der Waals surface area contributed by atoms with Crippen molar-refractivity contribution in [3.05, 3.63) is 12.2 Å². The van der Waals surface area contributed by atoms with Crippen LogP contribution in [0, 0.1) is 0 Å². The Morgan fingerprint density at radius 2 is 2.16 bits per heavy atom. The fourth-order valence-electron chi connectivity index (χ4n) is 2.34. The van der Waals surface area contributed by atoms with Crippen molar-refractivity contribution in [1.82, 2.24) is 10.2 Å². The molecule has 0 spiro atoms. The molecule has 0 aliphatic carbocycles. The fourth-order valence-corrected chi connectivity index (χ4v) is 2.34. The second-order valence-corrected chi connectivity index (χ2v) is 6.72. The molecule has 1 saturated heterocycles. The molecule has 0 bridgehead atoms. The maximum absolute atomic E-state index is 5.87. The van der Waals surface area contributed by atoms with Gasteiger partial charge in [0.25, 0.3) is 0 Å². The van der Waals surface area contributed by atoms with Crippen LogP contribution in [0.3, 0.4) is 0 Å². The molecule has 0 aromatic carbocycles. The summed E-state index contributed by atoms with van der Waals surface area (Å²) in [6, 6.07) is 0. The third-order valence-corrected chi connectivity index (χ3v) is 3.34. The lowest BCUT2D eigenvalue weighted by molar-refractivity contribution is 0.00234. The number of nitrogens with one attached hydrogen (secondary N) is 1. The second kappa shape index (κ2) is 8.03. The predicted molar refractivity (Wildman–Crippen MR) is 82.6 cm³/mol. The van der Waals surface area contributed by atoms with E-state index in [1.54, 1.807) is 0 Å². The van der Waals surface area contributed by atoms with Crippen LogP contribution in [-0.4, -0.2) is 49.3 Å². The van der Waals surface area contributed by atoms with Crippen molar-refractivity contribution in [2.24, 2.45) is 0 Å². The third-order valence-electron chi connectivity index (χ3n) is 3.34. The summed E-state index contributed by atoms with van der Waals surface area (Å²) in [5.74, 6) is 0. The largest absolute Gasteiger partial charge is 0.377 e. The van der Waals surface area contributed by atoms with Crippen LogP contribution in [0.15, 0.2) is 12.2 Å². The Bertz CT molecular complexity index is 270. The zero-order valence-corrected chi connectivity index (χ0v) is 13.3. The minimum absolute atomic E-state index is 0.164. The number of rotatable bonds is 7. The molecule has 1 unspecified atom stereocenters. The first kappa shape index (κ1) is 16.7. The Kier molecular flexibility index (Phi) is 7.05. The lowest BCUT2D eigenvalue weighted by Gasteiger charge is -2.33. The van der Waals surface area contributed by atoms with Crippen molar-refractivity contribution in [1.29, 1.82) is 0 Å². The summed E-state index contributed by atoms with van der Waals surface area (Å²) in [5.41, 5.74) is 1.43. The van der Waals surface area contributed by atoms with E-state index in [4.69, 9.17) is 4.74 Å². The van der Waals surface area contributed by atoms with Crippen LogP contribution in [0.2, 0.25) is 0 Å². The molecule has 3 heteroatoms. The van der Waals surface area contributed by atoms with Gasteiger partial charge in [-0.15, -0.1) is 0 Å². The molecule has 1 atom stereocenters. The van der Waals surface area contributed by atoms with E-state index in [-0.39, 0.29) is 5.54 Å². The van der Waals surface area contributed by atoms with Crippen molar-refractivity contribution < 1.29 is 4.74 Å². The second-order valence-electron chi connectivity index (χ2n) is 6.72. The van der Waals surface area contributed by atoms with E-state index in [0.717, 1.165) is 32.7 Å². The van der Waals surface area contributed by atoms with Gasteiger partial charge in [0.2, 0.25) is 0 Å². The molecule has 1 aliphatic rings. The van der Waals surface area contributed by atoms with E-state index in [2.05, 4.69) is 44.5 Å². The number of piperidine rings is 1. The first-order valence-corrected chi connectivity index (χ1v) is 7.66. The van der Waals surface area contributed by atoms with E-state index in [1.165, 1.54) is 25.0 Å². The lowest BCUT2D eigenvalue weighted by atomic mass is 10.1. The van der Waals surface area contributed by atoms with E-state index in [9.17, 15) is 0 Å². The topological polar surface area (TPSA) is 24.5 Å². The summed E-state index contributed by atoms with van der Waals surface area (Å²) in [6.45, 7) is 18.0. The molecule has 1 heterocycles. The Labute approximate surface area is 119 Å². The van der Waals surface area contributed by atoms with E-state index in [0.29, 0.717) is 6.10 Å². The molecule has 112 valence electrons. The van der Waals surface area contributed by atoms with Crippen LogP contribution in [0.1, 0.15) is 47.0 Å². The van der Waals surface area contributed by atoms with Crippen molar-refractivity contribution in [3.63, 3.8) is 0 Å². The van der Waals surface area contributed by atoms with Gasteiger partial charge in [0.05, 0.1) is 6.10 Å². The minimum atomic E-state index is 0.164. The van der Waals surface area contributed by atoms with Crippen LogP contribution in [0.4, 0.5) is 0 Å². The highest BCUT2D eigenvalue weighted by Gasteiger charge is 2.20. The molecule has 0 aromatic heterocycles. The van der Waals surface area contributed by atoms with Gasteiger partial charge < -0.3 is 10.1 Å². The molecule has 0 saturated carbocycles. The zero-order chi connectivity index (χ0) is 14.3. The Balaban J connectivity index is 2.25. The molecule has 1 N–H and O–H groups in total. The van der Waals surface area contributed by atoms with E-state index in [1.807, 2.05) is 0 Å². The van der Waals surface area contributed by atoms with Gasteiger partial charge in [-0.25, -0.2) is 0 Å². The molecule has 1 fully saturated rings. The number of likely N-dealkylation sites (tertiary alicyclic amines) is 1. The molecule has 0 aromatic rings. The van der Waals surface area contributed by atoms with E-state index >= 15 is 0 Å². The highest BCUT2D eigenvalue weighted by Crippen LogP contribution is 2.14. The molecular weight excluding hydrogens is 236 g/mol. The average Bonchev–Trinajstić information content (AvgIpc) is 2.33. The van der Waals surface area contributed by atoms with Gasteiger partial charge in [0.15, 0.2) is 0 Å². The standard InChI is InChI=1S/C16H32N2O/c1-6-10-19-15-8-7-9-18(13-15)12-14(2)11-17-16(3,4)5/h15,17H,2,6-13H2,1,3-5H3. The van der Waals surface area contributed by atoms with Crippen molar-refractivity contribution in [2.75, 3.05) is 32.8 Å². The molecule has 1 rings (SSSR count). The van der Waals surface area contributed by atoms with Crippen LogP contribution in [0.5, 0.6) is 0 Å². The summed E-state index contributed by atoms with van der Waals surface area (Å²) in [4.78, 5) is 2.48. The quantitative estimate of drug-likeness (QED) is 0.719. The van der Waals surface area contributed by atoms with Gasteiger partial charge in [-0.3, -0.25) is 4.90 Å². The third kappa shape index (κ3) is 7.71. The van der Waals surface area contributed by atoms with Crippen LogP contribution in [-0.2, 0) is 4.74 Å². The maximum atomic E-state index is 5.87. The minimum Gasteiger partial charge on any atom is -0.377 e. The Hall–Kier alpha value is -0.380. The van der Waals surface area contributed by atoms with Gasteiger partial charge in [-0.1, -0.05) is 13.5 Å². The predicted octanol–water partition coefficient (Wildman–Crippen LogP) is 2.82. The normalized spacial score (nSPS) is 21.6. The van der Waals surface area contributed by atoms with Gasteiger partial charge in [0.1, 0.15) is 0 Å². The van der Waals surface area contributed by atoms with Gasteiger partial charge in [-0.2, -0.15) is 0 Å². The molecular formula is C16H32N2O. The monoisotopic (exact) mass is 268 g/mol. The molecule has 19 heavy (non-hydrogen) atoms. The van der Waals surface area contributed by atoms with Crippen molar-refractivity contribution in [3.8, 4) is 0 Å². The van der Waals surface area contributed by atoms with Gasteiger partial charge in [-0.05, 0) is 52.2 Å². The van der Waals surface area contributed by atoms with Crippen molar-refractivity contribution >= 4 is 0 Å². The first-order valence-electron chi connectivity index (χ1n) is 7.66. The van der Waals surface area contributed by atoms with Gasteiger partial charge in [0, 0.05) is 31.8 Å². The number of hydrogen-bond acceptors (Lipinski definition) is 3. The summed E-state index contributed by atoms with van der Waals surface area (Å²) in [5, 5.41) is 3.50. The average molecular weight is 268 g/mol. The molecule has 0 radical (unpaired) electrons. The van der Waals surface area contributed by atoms with Crippen LogP contribution < -0.4 is 5.32 Å². The molecule has 0 amide bonds. The maximum Gasteiger partial charge on any atom is 0.0702 e. The Morgan fingerprint density at radius 1 is 1.42 bits per heavy atom. The number of nitrogens with zero attached hydrogens (tertiary/aromatic N) is 1. The Morgan fingerprint density at radius 3 is 2.79 bits per heavy atom. The molecule has 1 aliphatic heterocycles. The highest BCUT2D eigenvalue weighted by molar-refractivity contribution is 5.01. The summed E-state index contributed by atoms with van der Waals surface area (Å²) >= 11 is 0. The number of hydrogen-bond donors (Lipinski definition) is 1. The molecule has 3 nitrogen and oxygen atoms in total.